The molecule has 7 nitrogen and oxygen atoms in total. The lowest BCUT2D eigenvalue weighted by Gasteiger charge is -2.24. The van der Waals surface area contributed by atoms with Crippen LogP contribution in [0.2, 0.25) is 0 Å². The van der Waals surface area contributed by atoms with Crippen molar-refractivity contribution >= 4 is 23.5 Å². The highest BCUT2D eigenvalue weighted by Gasteiger charge is 2.45. The van der Waals surface area contributed by atoms with Gasteiger partial charge in [0.15, 0.2) is 0 Å². The van der Waals surface area contributed by atoms with Crippen LogP contribution in [0.1, 0.15) is 24.8 Å². The maximum absolute atomic E-state index is 11.8. The average Bonchev–Trinajstić information content (AvgIpc) is 2.70. The Hall–Kier alpha value is -2.57. The molecule has 7 heteroatoms. The van der Waals surface area contributed by atoms with E-state index in [9.17, 15) is 19.5 Å². The van der Waals surface area contributed by atoms with Crippen molar-refractivity contribution < 1.29 is 29.3 Å². The minimum absolute atomic E-state index is 0.392. The van der Waals surface area contributed by atoms with E-state index in [1.54, 1.807) is 12.1 Å². The summed E-state index contributed by atoms with van der Waals surface area (Å²) in [4.78, 5) is 35.6. The lowest BCUT2D eigenvalue weighted by molar-refractivity contribution is -0.140. The van der Waals surface area contributed by atoms with E-state index in [0.29, 0.717) is 17.0 Å². The number of aliphatic carboxylic acids is 2. The highest BCUT2D eigenvalue weighted by Crippen LogP contribution is 2.44. The number of hydrogen-bond acceptors (Lipinski definition) is 4. The number of carboxylic acids is 2. The number of methoxy groups -OCH3 is 1. The molecule has 0 bridgehead atoms. The molecule has 0 saturated heterocycles. The number of amides is 1. The van der Waals surface area contributed by atoms with Gasteiger partial charge in [0, 0.05) is 12.6 Å². The summed E-state index contributed by atoms with van der Waals surface area (Å²) >= 11 is 0. The third-order valence-electron chi connectivity index (χ3n) is 3.53. The van der Waals surface area contributed by atoms with E-state index in [1.807, 2.05) is 0 Å². The van der Waals surface area contributed by atoms with E-state index in [4.69, 9.17) is 9.84 Å². The fraction of sp³-hybridized carbons (Fsp3) is 0.357. The smallest absolute Gasteiger partial charge is 0.313 e. The topological polar surface area (TPSA) is 104 Å². The van der Waals surface area contributed by atoms with Gasteiger partial charge in [-0.2, -0.15) is 0 Å². The second-order valence-electron chi connectivity index (χ2n) is 4.79. The number of ether oxygens (including phenoxy) is 1. The standard InChI is InChI=1S/C14H15NO6/c1-7(16)15-10-4-3-8(21-2)5-9(10)13(14(19)20)11(15)6-12(17)18/h3-5,11,13H,6H2,1-2H3,(H,17,18)(H,19,20). The van der Waals surface area contributed by atoms with Gasteiger partial charge in [-0.3, -0.25) is 14.4 Å². The summed E-state index contributed by atoms with van der Waals surface area (Å²) in [5.41, 5.74) is 0.810. The number of fused-ring (bicyclic) bond motifs is 1. The van der Waals surface area contributed by atoms with Crippen LogP contribution in [-0.4, -0.2) is 41.2 Å². The molecule has 2 unspecified atom stereocenters. The number of nitrogens with zero attached hydrogens (tertiary/aromatic N) is 1. The monoisotopic (exact) mass is 293 g/mol. The van der Waals surface area contributed by atoms with Gasteiger partial charge in [-0.25, -0.2) is 0 Å². The number of carbonyl (C=O) groups excluding carboxylic acids is 1. The SMILES string of the molecule is COc1ccc2c(c1)C(C(=O)O)C(CC(=O)O)N2C(C)=O. The Labute approximate surface area is 120 Å². The molecule has 112 valence electrons. The maximum atomic E-state index is 11.8. The lowest BCUT2D eigenvalue weighted by Crippen LogP contribution is -2.41. The maximum Gasteiger partial charge on any atom is 0.313 e. The Kier molecular flexibility index (Phi) is 3.84. The van der Waals surface area contributed by atoms with Crippen molar-refractivity contribution in [2.75, 3.05) is 12.0 Å². The second kappa shape index (κ2) is 5.43. The first-order valence-electron chi connectivity index (χ1n) is 6.29. The van der Waals surface area contributed by atoms with Crippen molar-refractivity contribution in [2.45, 2.75) is 25.3 Å². The molecular weight excluding hydrogens is 278 g/mol. The molecule has 0 spiro atoms. The molecule has 0 aromatic heterocycles. The molecule has 0 radical (unpaired) electrons. The summed E-state index contributed by atoms with van der Waals surface area (Å²) in [6, 6.07) is 3.77. The fourth-order valence-electron chi connectivity index (χ4n) is 2.75. The minimum Gasteiger partial charge on any atom is -0.497 e. The predicted octanol–water partition coefficient (Wildman–Crippen LogP) is 1.07. The minimum atomic E-state index is -1.17. The molecule has 1 aliphatic rings. The van der Waals surface area contributed by atoms with Gasteiger partial charge in [-0.05, 0) is 23.8 Å². The van der Waals surface area contributed by atoms with Crippen LogP contribution in [0.5, 0.6) is 5.75 Å². The number of anilines is 1. The first-order chi connectivity index (χ1) is 9.86. The molecule has 2 atom stereocenters. The van der Waals surface area contributed by atoms with Gasteiger partial charge in [0.05, 0.1) is 19.6 Å². The normalized spacial score (nSPS) is 20.0. The largest absolute Gasteiger partial charge is 0.497 e. The van der Waals surface area contributed by atoms with Crippen molar-refractivity contribution in [3.05, 3.63) is 23.8 Å². The molecule has 1 aromatic carbocycles. The first kappa shape index (κ1) is 14.8. The van der Waals surface area contributed by atoms with Crippen LogP contribution in [0.3, 0.4) is 0 Å². The fourth-order valence-corrected chi connectivity index (χ4v) is 2.75. The third kappa shape index (κ3) is 2.54. The number of rotatable bonds is 4. The van der Waals surface area contributed by atoms with Crippen LogP contribution < -0.4 is 9.64 Å². The van der Waals surface area contributed by atoms with Gasteiger partial charge in [0.1, 0.15) is 11.7 Å². The van der Waals surface area contributed by atoms with E-state index in [1.165, 1.54) is 25.0 Å². The summed E-state index contributed by atoms with van der Waals surface area (Å²) in [6.45, 7) is 1.28. The predicted molar refractivity (Wildman–Crippen MR) is 72.6 cm³/mol. The molecule has 1 aromatic rings. The first-order valence-corrected chi connectivity index (χ1v) is 6.29. The lowest BCUT2D eigenvalue weighted by atomic mass is 9.93. The van der Waals surface area contributed by atoms with Crippen molar-refractivity contribution in [3.63, 3.8) is 0 Å². The van der Waals surface area contributed by atoms with E-state index in [-0.39, 0.29) is 0 Å². The summed E-state index contributed by atoms with van der Waals surface area (Å²) in [5, 5.41) is 18.4. The molecule has 0 fully saturated rings. The second-order valence-corrected chi connectivity index (χ2v) is 4.79. The third-order valence-corrected chi connectivity index (χ3v) is 3.53. The number of carboxylic acid groups (broad SMARTS) is 2. The Morgan fingerprint density at radius 3 is 2.43 bits per heavy atom. The highest BCUT2D eigenvalue weighted by atomic mass is 16.5. The quantitative estimate of drug-likeness (QED) is 0.860. The zero-order valence-electron chi connectivity index (χ0n) is 11.6. The van der Waals surface area contributed by atoms with E-state index in [2.05, 4.69) is 0 Å². The van der Waals surface area contributed by atoms with Gasteiger partial charge in [-0.1, -0.05) is 0 Å². The zero-order chi connectivity index (χ0) is 15.7. The van der Waals surface area contributed by atoms with Crippen LogP contribution in [0.4, 0.5) is 5.69 Å². The Bertz CT molecular complexity index is 611. The van der Waals surface area contributed by atoms with E-state index in [0.717, 1.165) is 0 Å². The van der Waals surface area contributed by atoms with E-state index >= 15 is 0 Å². The number of carbonyl (C=O) groups is 3. The zero-order valence-corrected chi connectivity index (χ0v) is 11.6. The van der Waals surface area contributed by atoms with Gasteiger partial charge < -0.3 is 19.8 Å². The summed E-state index contributed by atoms with van der Waals surface area (Å²) in [7, 11) is 1.45. The van der Waals surface area contributed by atoms with Gasteiger partial charge in [0.25, 0.3) is 0 Å². The Morgan fingerprint density at radius 2 is 1.95 bits per heavy atom. The van der Waals surface area contributed by atoms with Crippen LogP contribution in [0.15, 0.2) is 18.2 Å². The van der Waals surface area contributed by atoms with Gasteiger partial charge in [0.2, 0.25) is 5.91 Å². The van der Waals surface area contributed by atoms with Crippen LogP contribution >= 0.6 is 0 Å². The van der Waals surface area contributed by atoms with Crippen molar-refractivity contribution in [1.29, 1.82) is 0 Å². The van der Waals surface area contributed by atoms with E-state index < -0.39 is 36.2 Å². The summed E-state index contributed by atoms with van der Waals surface area (Å²) in [5.74, 6) is -3.34. The summed E-state index contributed by atoms with van der Waals surface area (Å²) in [6.07, 6.45) is -0.437. The average molecular weight is 293 g/mol. The van der Waals surface area contributed by atoms with Crippen molar-refractivity contribution in [2.24, 2.45) is 0 Å². The number of benzene rings is 1. The van der Waals surface area contributed by atoms with Crippen molar-refractivity contribution in [3.8, 4) is 5.75 Å². The molecule has 21 heavy (non-hydrogen) atoms. The molecular formula is C14H15NO6. The molecule has 2 rings (SSSR count). The van der Waals surface area contributed by atoms with Gasteiger partial charge in [-0.15, -0.1) is 0 Å². The Morgan fingerprint density at radius 1 is 1.29 bits per heavy atom. The van der Waals surface area contributed by atoms with Crippen LogP contribution in [-0.2, 0) is 14.4 Å². The Balaban J connectivity index is 2.59. The molecule has 1 aliphatic heterocycles. The van der Waals surface area contributed by atoms with Crippen molar-refractivity contribution in [1.82, 2.24) is 0 Å². The molecule has 0 aliphatic carbocycles. The highest BCUT2D eigenvalue weighted by molar-refractivity contribution is 5.99. The summed E-state index contributed by atoms with van der Waals surface area (Å²) < 4.78 is 5.07. The molecule has 1 amide bonds. The van der Waals surface area contributed by atoms with Crippen LogP contribution in [0, 0.1) is 0 Å². The molecule has 0 saturated carbocycles. The molecule has 1 heterocycles. The number of hydrogen-bond donors (Lipinski definition) is 2. The van der Waals surface area contributed by atoms with Crippen LogP contribution in [0.25, 0.3) is 0 Å². The van der Waals surface area contributed by atoms with Gasteiger partial charge >= 0.3 is 11.9 Å². The molecule has 2 N–H and O–H groups in total.